The lowest BCUT2D eigenvalue weighted by molar-refractivity contribution is 0.0545. The topological polar surface area (TPSA) is 38.3 Å². The molecule has 0 bridgehead atoms. The second-order valence-electron chi connectivity index (χ2n) is 5.17. The van der Waals surface area contributed by atoms with Crippen molar-refractivity contribution in [1.29, 1.82) is 0 Å². The highest BCUT2D eigenvalue weighted by atomic mass is 16.6. The molecule has 1 unspecified atom stereocenters. The van der Waals surface area contributed by atoms with Gasteiger partial charge in [-0.15, -0.1) is 0 Å². The fourth-order valence-corrected chi connectivity index (χ4v) is 2.15. The minimum Gasteiger partial charge on any atom is -0.425 e. The summed E-state index contributed by atoms with van der Waals surface area (Å²) in [5.41, 5.74) is 2.04. The van der Waals surface area contributed by atoms with E-state index in [2.05, 4.69) is 17.2 Å². The summed E-state index contributed by atoms with van der Waals surface area (Å²) in [6.45, 7) is 8.06. The van der Waals surface area contributed by atoms with Gasteiger partial charge in [-0.2, -0.15) is 0 Å². The Morgan fingerprint density at radius 3 is 2.79 bits per heavy atom. The van der Waals surface area contributed by atoms with Crippen molar-refractivity contribution < 1.29 is 9.53 Å². The maximum atomic E-state index is 11.7. The van der Waals surface area contributed by atoms with E-state index in [1.807, 2.05) is 45.9 Å². The zero-order chi connectivity index (χ0) is 14.0. The van der Waals surface area contributed by atoms with Gasteiger partial charge in [0, 0.05) is 17.9 Å². The number of carbonyl (C=O) groups is 1. The molecule has 1 N–H and O–H groups in total. The Bertz CT molecular complexity index is 566. The van der Waals surface area contributed by atoms with Gasteiger partial charge < -0.3 is 4.74 Å². The Hall–Kier alpha value is -1.95. The van der Waals surface area contributed by atoms with Gasteiger partial charge >= 0.3 is 6.09 Å². The number of nitrogens with one attached hydrogen (secondary N) is 1. The fourth-order valence-electron chi connectivity index (χ4n) is 2.15. The van der Waals surface area contributed by atoms with E-state index in [-0.39, 0.29) is 5.92 Å². The lowest BCUT2D eigenvalue weighted by atomic mass is 9.87. The third-order valence-corrected chi connectivity index (χ3v) is 3.17. The largest absolute Gasteiger partial charge is 0.425 e. The predicted molar refractivity (Wildman–Crippen MR) is 75.9 cm³/mol. The molecule has 3 heteroatoms. The van der Waals surface area contributed by atoms with Gasteiger partial charge in [-0.1, -0.05) is 38.3 Å². The van der Waals surface area contributed by atoms with Gasteiger partial charge in [0.25, 0.3) is 0 Å². The Morgan fingerprint density at radius 2 is 2.16 bits per heavy atom. The number of amides is 1. The van der Waals surface area contributed by atoms with Crippen molar-refractivity contribution >= 4 is 11.8 Å². The molecule has 19 heavy (non-hydrogen) atoms. The normalized spacial score (nSPS) is 21.0. The molecule has 0 saturated heterocycles. The van der Waals surface area contributed by atoms with Crippen LogP contribution in [-0.4, -0.2) is 6.09 Å². The van der Waals surface area contributed by atoms with Crippen LogP contribution in [0.25, 0.3) is 0 Å². The number of hydrogen-bond donors (Lipinski definition) is 1. The molecule has 0 fully saturated rings. The number of fused-ring (bicyclic) bond motifs is 1. The summed E-state index contributed by atoms with van der Waals surface area (Å²) in [6.07, 6.45) is 0.201. The van der Waals surface area contributed by atoms with Crippen LogP contribution in [0.2, 0.25) is 0 Å². The first-order valence-corrected chi connectivity index (χ1v) is 6.60. The molecule has 2 rings (SSSR count). The van der Waals surface area contributed by atoms with E-state index in [1.54, 1.807) is 0 Å². The van der Waals surface area contributed by atoms with Crippen LogP contribution in [0.1, 0.15) is 38.3 Å². The van der Waals surface area contributed by atoms with E-state index in [4.69, 9.17) is 4.74 Å². The van der Waals surface area contributed by atoms with Crippen molar-refractivity contribution in [2.75, 3.05) is 5.32 Å². The Balaban J connectivity index is 2.60. The van der Waals surface area contributed by atoms with E-state index < -0.39 is 11.7 Å². The average Bonchev–Trinajstić information content (AvgIpc) is 2.36. The van der Waals surface area contributed by atoms with Crippen LogP contribution in [0.5, 0.6) is 0 Å². The van der Waals surface area contributed by atoms with Crippen LogP contribution in [0, 0.1) is 24.7 Å². The molecule has 1 heterocycles. The highest BCUT2D eigenvalue weighted by Crippen LogP contribution is 2.38. The molecule has 1 aliphatic heterocycles. The first kappa shape index (κ1) is 13.5. The van der Waals surface area contributed by atoms with Crippen molar-refractivity contribution in [2.45, 2.75) is 39.7 Å². The van der Waals surface area contributed by atoms with Gasteiger partial charge in [-0.05, 0) is 25.0 Å². The molecule has 0 spiro atoms. The number of anilines is 1. The number of ether oxygens (including phenoxy) is 1. The number of cyclic esters (lactones) is 1. The molecule has 0 saturated carbocycles. The zero-order valence-corrected chi connectivity index (χ0v) is 11.8. The molecule has 0 radical (unpaired) electrons. The number of rotatable bonds is 1. The Morgan fingerprint density at radius 1 is 1.42 bits per heavy atom. The van der Waals surface area contributed by atoms with Gasteiger partial charge in [0.1, 0.15) is 0 Å². The molecule has 1 aromatic carbocycles. The SMILES string of the molecule is CCC1(C#CC(C)C)OC(=O)Nc2ccc(C)cc21. The first-order valence-electron chi connectivity index (χ1n) is 6.60. The highest BCUT2D eigenvalue weighted by Gasteiger charge is 2.39. The van der Waals surface area contributed by atoms with E-state index in [0.717, 1.165) is 16.8 Å². The molecular formula is C16H19NO2. The van der Waals surface area contributed by atoms with Gasteiger partial charge in [-0.3, -0.25) is 5.32 Å². The number of aryl methyl sites for hydroxylation is 1. The zero-order valence-electron chi connectivity index (χ0n) is 11.8. The smallest absolute Gasteiger partial charge is 0.413 e. The summed E-state index contributed by atoms with van der Waals surface area (Å²) in [7, 11) is 0. The number of benzene rings is 1. The maximum absolute atomic E-state index is 11.7. The van der Waals surface area contributed by atoms with Crippen molar-refractivity contribution in [2.24, 2.45) is 5.92 Å². The number of hydrogen-bond acceptors (Lipinski definition) is 2. The molecule has 3 nitrogen and oxygen atoms in total. The Kier molecular flexibility index (Phi) is 3.53. The van der Waals surface area contributed by atoms with Crippen LogP contribution in [-0.2, 0) is 10.3 Å². The summed E-state index contributed by atoms with van der Waals surface area (Å²) >= 11 is 0. The van der Waals surface area contributed by atoms with Crippen LogP contribution >= 0.6 is 0 Å². The van der Waals surface area contributed by atoms with E-state index >= 15 is 0 Å². The van der Waals surface area contributed by atoms with Gasteiger partial charge in [-0.25, -0.2) is 4.79 Å². The molecule has 0 aromatic heterocycles. The highest BCUT2D eigenvalue weighted by molar-refractivity contribution is 5.89. The Labute approximate surface area is 114 Å². The van der Waals surface area contributed by atoms with Crippen molar-refractivity contribution in [1.82, 2.24) is 0 Å². The lowest BCUT2D eigenvalue weighted by Gasteiger charge is -2.34. The predicted octanol–water partition coefficient (Wildman–Crippen LogP) is 3.82. The van der Waals surface area contributed by atoms with Crippen LogP contribution < -0.4 is 5.32 Å². The van der Waals surface area contributed by atoms with Gasteiger partial charge in [0.2, 0.25) is 5.60 Å². The molecule has 0 aliphatic carbocycles. The van der Waals surface area contributed by atoms with Crippen molar-refractivity contribution in [3.05, 3.63) is 29.3 Å². The lowest BCUT2D eigenvalue weighted by Crippen LogP contribution is -2.38. The third kappa shape index (κ3) is 2.58. The monoisotopic (exact) mass is 257 g/mol. The summed E-state index contributed by atoms with van der Waals surface area (Å²) in [4.78, 5) is 11.7. The third-order valence-electron chi connectivity index (χ3n) is 3.17. The van der Waals surface area contributed by atoms with Gasteiger partial charge in [0.05, 0.1) is 5.69 Å². The fraction of sp³-hybridized carbons (Fsp3) is 0.438. The second kappa shape index (κ2) is 4.97. The first-order chi connectivity index (χ1) is 8.97. The van der Waals surface area contributed by atoms with E-state index in [0.29, 0.717) is 6.42 Å². The standard InChI is InChI=1S/C16H19NO2/c1-5-16(9-8-11(2)3)13-10-12(4)6-7-14(13)17-15(18)19-16/h6-7,10-11H,5H2,1-4H3,(H,17,18). The molecule has 1 aliphatic rings. The summed E-state index contributed by atoms with van der Waals surface area (Å²) in [6, 6.07) is 5.92. The minimum absolute atomic E-state index is 0.241. The van der Waals surface area contributed by atoms with Crippen molar-refractivity contribution in [3.63, 3.8) is 0 Å². The number of carbonyl (C=O) groups excluding carboxylic acids is 1. The summed E-state index contributed by atoms with van der Waals surface area (Å²) in [5, 5.41) is 2.73. The summed E-state index contributed by atoms with van der Waals surface area (Å²) < 4.78 is 5.53. The average molecular weight is 257 g/mol. The molecular weight excluding hydrogens is 238 g/mol. The quantitative estimate of drug-likeness (QED) is 0.777. The molecule has 100 valence electrons. The maximum Gasteiger partial charge on any atom is 0.413 e. The molecule has 1 aromatic rings. The van der Waals surface area contributed by atoms with Crippen LogP contribution in [0.3, 0.4) is 0 Å². The van der Waals surface area contributed by atoms with E-state index in [1.165, 1.54) is 0 Å². The van der Waals surface area contributed by atoms with Crippen LogP contribution in [0.4, 0.5) is 10.5 Å². The van der Waals surface area contributed by atoms with E-state index in [9.17, 15) is 4.79 Å². The molecule has 1 atom stereocenters. The summed E-state index contributed by atoms with van der Waals surface area (Å²) in [5.74, 6) is 6.54. The molecule has 1 amide bonds. The minimum atomic E-state index is -0.825. The van der Waals surface area contributed by atoms with Gasteiger partial charge in [0.15, 0.2) is 0 Å². The second-order valence-corrected chi connectivity index (χ2v) is 5.17. The van der Waals surface area contributed by atoms with Crippen molar-refractivity contribution in [3.8, 4) is 11.8 Å². The van der Waals surface area contributed by atoms with Crippen LogP contribution in [0.15, 0.2) is 18.2 Å².